The van der Waals surface area contributed by atoms with Gasteiger partial charge < -0.3 is 14.8 Å². The van der Waals surface area contributed by atoms with Crippen LogP contribution in [0.15, 0.2) is 36.7 Å². The van der Waals surface area contributed by atoms with Gasteiger partial charge in [0.1, 0.15) is 6.61 Å². The van der Waals surface area contributed by atoms with E-state index in [0.29, 0.717) is 26.3 Å². The summed E-state index contributed by atoms with van der Waals surface area (Å²) in [6.45, 7) is 2.95. The minimum absolute atomic E-state index is 0.266. The lowest BCUT2D eigenvalue weighted by Crippen LogP contribution is -2.18. The van der Waals surface area contributed by atoms with E-state index in [0.717, 1.165) is 12.1 Å². The van der Waals surface area contributed by atoms with E-state index in [9.17, 15) is 4.39 Å². The van der Waals surface area contributed by atoms with Crippen LogP contribution in [-0.4, -0.2) is 36.6 Å². The molecule has 0 fully saturated rings. The van der Waals surface area contributed by atoms with E-state index in [4.69, 9.17) is 9.47 Å². The van der Waals surface area contributed by atoms with E-state index in [1.807, 2.05) is 18.3 Å². The zero-order chi connectivity index (χ0) is 14.9. The third-order valence-corrected chi connectivity index (χ3v) is 2.95. The Hall–Kier alpha value is -1.92. The molecule has 21 heavy (non-hydrogen) atoms. The van der Waals surface area contributed by atoms with Gasteiger partial charge in [-0.3, -0.25) is 4.68 Å². The van der Waals surface area contributed by atoms with Crippen LogP contribution in [0.1, 0.15) is 5.56 Å². The number of methoxy groups -OCH3 is 1. The summed E-state index contributed by atoms with van der Waals surface area (Å²) in [6.07, 6.45) is 3.54. The van der Waals surface area contributed by atoms with Crippen LogP contribution in [0.25, 0.3) is 0 Å². The number of nitrogens with zero attached hydrogens (tertiary/aromatic N) is 2. The molecular weight excluding hydrogens is 273 g/mol. The Kier molecular flexibility index (Phi) is 6.18. The Labute approximate surface area is 123 Å². The summed E-state index contributed by atoms with van der Waals surface area (Å²) in [5.41, 5.74) is 0.878. The molecular formula is C15H20FN3O2. The van der Waals surface area contributed by atoms with Gasteiger partial charge in [-0.2, -0.15) is 5.10 Å². The molecule has 0 aliphatic heterocycles. The number of hydrogen-bond donors (Lipinski definition) is 1. The summed E-state index contributed by atoms with van der Waals surface area (Å²) in [4.78, 5) is 0. The highest BCUT2D eigenvalue weighted by molar-refractivity contribution is 5.29. The van der Waals surface area contributed by atoms with Crippen LogP contribution < -0.4 is 10.1 Å². The fourth-order valence-electron chi connectivity index (χ4n) is 1.86. The Morgan fingerprint density at radius 2 is 2.24 bits per heavy atom. The molecule has 1 aromatic carbocycles. The van der Waals surface area contributed by atoms with Crippen LogP contribution >= 0.6 is 0 Å². The van der Waals surface area contributed by atoms with Gasteiger partial charge in [-0.1, -0.05) is 6.07 Å². The second-order valence-electron chi connectivity index (χ2n) is 4.55. The molecule has 0 atom stereocenters. The molecule has 2 aromatic rings. The number of rotatable bonds is 9. The monoisotopic (exact) mass is 293 g/mol. The Morgan fingerprint density at radius 3 is 2.95 bits per heavy atom. The van der Waals surface area contributed by atoms with E-state index >= 15 is 0 Å². The number of benzene rings is 1. The van der Waals surface area contributed by atoms with Gasteiger partial charge in [-0.15, -0.1) is 0 Å². The molecule has 1 aromatic heterocycles. The molecule has 114 valence electrons. The topological polar surface area (TPSA) is 48.3 Å². The van der Waals surface area contributed by atoms with E-state index in [2.05, 4.69) is 10.4 Å². The first-order valence-corrected chi connectivity index (χ1v) is 6.88. The summed E-state index contributed by atoms with van der Waals surface area (Å²) in [7, 11) is 1.65. The zero-order valence-corrected chi connectivity index (χ0v) is 12.1. The van der Waals surface area contributed by atoms with Crippen molar-refractivity contribution in [3.63, 3.8) is 0 Å². The smallest absolute Gasteiger partial charge is 0.165 e. The molecule has 1 N–H and O–H groups in total. The maximum atomic E-state index is 13.9. The fourth-order valence-corrected chi connectivity index (χ4v) is 1.86. The van der Waals surface area contributed by atoms with Crippen LogP contribution in [0, 0.1) is 5.82 Å². The van der Waals surface area contributed by atoms with Crippen LogP contribution in [-0.2, 0) is 17.8 Å². The molecule has 0 radical (unpaired) electrons. The third-order valence-electron chi connectivity index (χ3n) is 2.95. The maximum Gasteiger partial charge on any atom is 0.165 e. The van der Waals surface area contributed by atoms with E-state index in [-0.39, 0.29) is 11.6 Å². The van der Waals surface area contributed by atoms with Crippen molar-refractivity contribution in [3.8, 4) is 5.75 Å². The van der Waals surface area contributed by atoms with Crippen LogP contribution in [0.2, 0.25) is 0 Å². The molecule has 0 amide bonds. The summed E-state index contributed by atoms with van der Waals surface area (Å²) in [5, 5.41) is 7.22. The third kappa shape index (κ3) is 5.17. The van der Waals surface area contributed by atoms with Crippen LogP contribution in [0.5, 0.6) is 5.75 Å². The van der Waals surface area contributed by atoms with Crippen molar-refractivity contribution in [1.29, 1.82) is 0 Å². The molecule has 0 bridgehead atoms. The molecule has 5 nitrogen and oxygen atoms in total. The highest BCUT2D eigenvalue weighted by atomic mass is 19.1. The Morgan fingerprint density at radius 1 is 1.33 bits per heavy atom. The lowest BCUT2D eigenvalue weighted by Gasteiger charge is -2.09. The average molecular weight is 293 g/mol. The van der Waals surface area contributed by atoms with E-state index in [1.54, 1.807) is 24.1 Å². The van der Waals surface area contributed by atoms with Crippen molar-refractivity contribution < 1.29 is 13.9 Å². The van der Waals surface area contributed by atoms with Crippen molar-refractivity contribution in [1.82, 2.24) is 15.1 Å². The Bertz CT molecular complexity index is 532. The zero-order valence-electron chi connectivity index (χ0n) is 12.1. The van der Waals surface area contributed by atoms with Gasteiger partial charge in [0.25, 0.3) is 0 Å². The molecule has 2 rings (SSSR count). The van der Waals surface area contributed by atoms with Crippen molar-refractivity contribution in [2.45, 2.75) is 13.1 Å². The molecule has 0 saturated heterocycles. The highest BCUT2D eigenvalue weighted by Crippen LogP contribution is 2.18. The second-order valence-corrected chi connectivity index (χ2v) is 4.55. The van der Waals surface area contributed by atoms with Gasteiger partial charge in [0.2, 0.25) is 0 Å². The first-order chi connectivity index (χ1) is 10.3. The largest absolute Gasteiger partial charge is 0.489 e. The normalized spacial score (nSPS) is 10.8. The van der Waals surface area contributed by atoms with Gasteiger partial charge in [0, 0.05) is 32.6 Å². The maximum absolute atomic E-state index is 13.9. The number of hydrogen-bond acceptors (Lipinski definition) is 4. The lowest BCUT2D eigenvalue weighted by molar-refractivity contribution is 0.199. The SMILES string of the molecule is COCCNCc1ccc(OCCn2cccn2)c(F)c1. The summed E-state index contributed by atoms with van der Waals surface area (Å²) >= 11 is 0. The average Bonchev–Trinajstić information content (AvgIpc) is 2.99. The predicted octanol–water partition coefficient (Wildman–Crippen LogP) is 1.84. The quantitative estimate of drug-likeness (QED) is 0.717. The standard InChI is InChI=1S/C15H20FN3O2/c1-20-9-6-17-12-13-3-4-15(14(16)11-13)21-10-8-19-7-2-5-18-19/h2-5,7,11,17H,6,8-10,12H2,1H3. The van der Waals surface area contributed by atoms with Crippen molar-refractivity contribution in [2.75, 3.05) is 26.9 Å². The van der Waals surface area contributed by atoms with Gasteiger partial charge in [-0.25, -0.2) is 4.39 Å². The number of halogens is 1. The minimum atomic E-state index is -0.346. The predicted molar refractivity (Wildman–Crippen MR) is 77.7 cm³/mol. The van der Waals surface area contributed by atoms with Gasteiger partial charge in [0.05, 0.1) is 13.2 Å². The molecule has 0 saturated carbocycles. The minimum Gasteiger partial charge on any atom is -0.489 e. The number of nitrogens with one attached hydrogen (secondary N) is 1. The molecule has 0 aliphatic carbocycles. The van der Waals surface area contributed by atoms with Crippen molar-refractivity contribution in [2.24, 2.45) is 0 Å². The molecule has 6 heteroatoms. The van der Waals surface area contributed by atoms with Gasteiger partial charge in [0.15, 0.2) is 11.6 Å². The summed E-state index contributed by atoms with van der Waals surface area (Å²) in [5.74, 6) is -0.0793. The molecule has 0 unspecified atom stereocenters. The lowest BCUT2D eigenvalue weighted by atomic mass is 10.2. The summed E-state index contributed by atoms with van der Waals surface area (Å²) in [6, 6.07) is 6.84. The van der Waals surface area contributed by atoms with Crippen molar-refractivity contribution in [3.05, 3.63) is 48.0 Å². The van der Waals surface area contributed by atoms with Gasteiger partial charge in [-0.05, 0) is 23.8 Å². The van der Waals surface area contributed by atoms with Gasteiger partial charge >= 0.3 is 0 Å². The molecule has 0 aliphatic rings. The van der Waals surface area contributed by atoms with Crippen LogP contribution in [0.4, 0.5) is 4.39 Å². The molecule has 1 heterocycles. The van der Waals surface area contributed by atoms with E-state index in [1.165, 1.54) is 6.07 Å². The Balaban J connectivity index is 1.78. The molecule has 0 spiro atoms. The summed E-state index contributed by atoms with van der Waals surface area (Å²) < 4.78 is 26.0. The fraction of sp³-hybridized carbons (Fsp3) is 0.400. The van der Waals surface area contributed by atoms with E-state index < -0.39 is 0 Å². The first-order valence-electron chi connectivity index (χ1n) is 6.88. The highest BCUT2D eigenvalue weighted by Gasteiger charge is 2.05. The number of ether oxygens (including phenoxy) is 2. The van der Waals surface area contributed by atoms with Crippen LogP contribution in [0.3, 0.4) is 0 Å². The van der Waals surface area contributed by atoms with Crippen molar-refractivity contribution >= 4 is 0 Å². The second kappa shape index (κ2) is 8.39. The number of aromatic nitrogens is 2. The first kappa shape index (κ1) is 15.5.